The molecular formula is C10H20O2. The Morgan fingerprint density at radius 2 is 2.08 bits per heavy atom. The first-order valence-corrected chi connectivity index (χ1v) is 5.00. The molecule has 1 saturated carbocycles. The fourth-order valence-electron chi connectivity index (χ4n) is 2.00. The monoisotopic (exact) mass is 172 g/mol. The molecule has 0 heterocycles. The van der Waals surface area contributed by atoms with Gasteiger partial charge in [0.1, 0.15) is 0 Å². The second kappa shape index (κ2) is 5.55. The van der Waals surface area contributed by atoms with Crippen LogP contribution < -0.4 is 0 Å². The van der Waals surface area contributed by atoms with Crippen molar-refractivity contribution in [3.8, 4) is 0 Å². The minimum absolute atomic E-state index is 0.131. The normalized spacial score (nSPS) is 21.5. The van der Waals surface area contributed by atoms with Gasteiger partial charge in [-0.1, -0.05) is 25.7 Å². The van der Waals surface area contributed by atoms with Crippen molar-refractivity contribution in [1.29, 1.82) is 0 Å². The third-order valence-electron chi connectivity index (χ3n) is 2.74. The molecule has 0 bridgehead atoms. The van der Waals surface area contributed by atoms with Crippen molar-refractivity contribution in [2.24, 2.45) is 5.92 Å². The van der Waals surface area contributed by atoms with Gasteiger partial charge in [-0.25, -0.2) is 0 Å². The highest BCUT2D eigenvalue weighted by Gasteiger charge is 2.18. The Bertz CT molecular complexity index is 108. The average Bonchev–Trinajstić information content (AvgIpc) is 2.53. The highest BCUT2D eigenvalue weighted by Crippen LogP contribution is 2.28. The summed E-state index contributed by atoms with van der Waals surface area (Å²) in [6, 6.07) is 0. The summed E-state index contributed by atoms with van der Waals surface area (Å²) in [4.78, 5) is 0. The van der Waals surface area contributed by atoms with Gasteiger partial charge in [0.05, 0.1) is 6.10 Å². The molecule has 12 heavy (non-hydrogen) atoms. The Morgan fingerprint density at radius 1 is 1.42 bits per heavy atom. The molecule has 0 radical (unpaired) electrons. The SMILES string of the molecule is COCCC(O)CC1CCCC1. The van der Waals surface area contributed by atoms with Gasteiger partial charge >= 0.3 is 0 Å². The lowest BCUT2D eigenvalue weighted by molar-refractivity contribution is 0.0918. The maximum atomic E-state index is 9.56. The third-order valence-corrected chi connectivity index (χ3v) is 2.74. The summed E-state index contributed by atoms with van der Waals surface area (Å²) in [5.41, 5.74) is 0. The highest BCUT2D eigenvalue weighted by atomic mass is 16.5. The highest BCUT2D eigenvalue weighted by molar-refractivity contribution is 4.70. The number of hydrogen-bond acceptors (Lipinski definition) is 2. The van der Waals surface area contributed by atoms with E-state index in [1.165, 1.54) is 25.7 Å². The van der Waals surface area contributed by atoms with Crippen molar-refractivity contribution in [3.05, 3.63) is 0 Å². The molecule has 1 fully saturated rings. The maximum Gasteiger partial charge on any atom is 0.0564 e. The molecular weight excluding hydrogens is 152 g/mol. The van der Waals surface area contributed by atoms with Crippen LogP contribution in [0.25, 0.3) is 0 Å². The lowest BCUT2D eigenvalue weighted by Gasteiger charge is -2.14. The summed E-state index contributed by atoms with van der Waals surface area (Å²) >= 11 is 0. The Balaban J connectivity index is 2.03. The van der Waals surface area contributed by atoms with Crippen LogP contribution in [-0.2, 0) is 4.74 Å². The van der Waals surface area contributed by atoms with Crippen LogP contribution >= 0.6 is 0 Å². The zero-order valence-corrected chi connectivity index (χ0v) is 7.96. The Hall–Kier alpha value is -0.0800. The van der Waals surface area contributed by atoms with Gasteiger partial charge in [0.15, 0.2) is 0 Å². The van der Waals surface area contributed by atoms with Crippen molar-refractivity contribution in [1.82, 2.24) is 0 Å². The van der Waals surface area contributed by atoms with Crippen LogP contribution in [0, 0.1) is 5.92 Å². The van der Waals surface area contributed by atoms with Crippen molar-refractivity contribution < 1.29 is 9.84 Å². The molecule has 0 spiro atoms. The minimum atomic E-state index is -0.131. The first-order valence-electron chi connectivity index (χ1n) is 5.00. The van der Waals surface area contributed by atoms with Gasteiger partial charge in [-0.05, 0) is 18.8 Å². The minimum Gasteiger partial charge on any atom is -0.393 e. The standard InChI is InChI=1S/C10H20O2/c1-12-7-6-10(11)8-9-4-2-3-5-9/h9-11H,2-8H2,1H3. The van der Waals surface area contributed by atoms with Crippen LogP contribution in [0.4, 0.5) is 0 Å². The first-order chi connectivity index (χ1) is 5.83. The van der Waals surface area contributed by atoms with E-state index < -0.39 is 0 Å². The molecule has 1 N–H and O–H groups in total. The van der Waals surface area contributed by atoms with Gasteiger partial charge in [-0.15, -0.1) is 0 Å². The fourth-order valence-corrected chi connectivity index (χ4v) is 2.00. The zero-order chi connectivity index (χ0) is 8.81. The number of aliphatic hydroxyl groups is 1. The van der Waals surface area contributed by atoms with Gasteiger partial charge in [0, 0.05) is 13.7 Å². The third kappa shape index (κ3) is 3.55. The van der Waals surface area contributed by atoms with E-state index in [9.17, 15) is 5.11 Å². The number of ether oxygens (including phenoxy) is 1. The number of methoxy groups -OCH3 is 1. The van der Waals surface area contributed by atoms with Gasteiger partial charge in [-0.2, -0.15) is 0 Å². The smallest absolute Gasteiger partial charge is 0.0564 e. The van der Waals surface area contributed by atoms with Crippen molar-refractivity contribution in [3.63, 3.8) is 0 Å². The van der Waals surface area contributed by atoms with E-state index in [1.807, 2.05) is 0 Å². The molecule has 0 aromatic rings. The summed E-state index contributed by atoms with van der Waals surface area (Å²) in [7, 11) is 1.68. The Morgan fingerprint density at radius 3 is 2.67 bits per heavy atom. The Labute approximate surface area is 74.9 Å². The molecule has 2 heteroatoms. The molecule has 1 aliphatic rings. The molecule has 1 rings (SSSR count). The Kier molecular flexibility index (Phi) is 4.62. The second-order valence-corrected chi connectivity index (χ2v) is 3.82. The van der Waals surface area contributed by atoms with E-state index in [1.54, 1.807) is 7.11 Å². The quantitative estimate of drug-likeness (QED) is 0.687. The van der Waals surface area contributed by atoms with Crippen molar-refractivity contribution in [2.45, 2.75) is 44.6 Å². The van der Waals surface area contributed by atoms with Crippen molar-refractivity contribution in [2.75, 3.05) is 13.7 Å². The predicted octanol–water partition coefficient (Wildman–Crippen LogP) is 1.96. The second-order valence-electron chi connectivity index (χ2n) is 3.82. The largest absolute Gasteiger partial charge is 0.393 e. The molecule has 0 saturated heterocycles. The van der Waals surface area contributed by atoms with Crippen LogP contribution in [0.5, 0.6) is 0 Å². The van der Waals surface area contributed by atoms with Crippen LogP contribution in [0.2, 0.25) is 0 Å². The van der Waals surface area contributed by atoms with Crippen LogP contribution in [0.15, 0.2) is 0 Å². The molecule has 2 nitrogen and oxygen atoms in total. The molecule has 0 aromatic carbocycles. The predicted molar refractivity (Wildman–Crippen MR) is 49.1 cm³/mol. The molecule has 0 aromatic heterocycles. The number of hydrogen-bond donors (Lipinski definition) is 1. The first kappa shape index (κ1) is 10.0. The summed E-state index contributed by atoms with van der Waals surface area (Å²) < 4.78 is 4.92. The number of aliphatic hydroxyl groups excluding tert-OH is 1. The van der Waals surface area contributed by atoms with E-state index >= 15 is 0 Å². The average molecular weight is 172 g/mol. The summed E-state index contributed by atoms with van der Waals surface area (Å²) in [6.45, 7) is 0.688. The fraction of sp³-hybridized carbons (Fsp3) is 1.00. The van der Waals surface area contributed by atoms with E-state index in [-0.39, 0.29) is 6.10 Å². The summed E-state index contributed by atoms with van der Waals surface area (Å²) in [5.74, 6) is 0.789. The molecule has 1 aliphatic carbocycles. The van der Waals surface area contributed by atoms with E-state index in [2.05, 4.69) is 0 Å². The molecule has 1 atom stereocenters. The lowest BCUT2D eigenvalue weighted by atomic mass is 9.99. The van der Waals surface area contributed by atoms with Crippen LogP contribution in [0.1, 0.15) is 38.5 Å². The van der Waals surface area contributed by atoms with E-state index in [0.717, 1.165) is 18.8 Å². The van der Waals surface area contributed by atoms with Crippen LogP contribution in [-0.4, -0.2) is 24.9 Å². The van der Waals surface area contributed by atoms with Gasteiger partial charge in [0.25, 0.3) is 0 Å². The zero-order valence-electron chi connectivity index (χ0n) is 7.96. The summed E-state index contributed by atoms with van der Waals surface area (Å²) in [6.07, 6.45) is 7.03. The maximum absolute atomic E-state index is 9.56. The molecule has 72 valence electrons. The summed E-state index contributed by atoms with van der Waals surface area (Å²) in [5, 5.41) is 9.56. The van der Waals surface area contributed by atoms with E-state index in [4.69, 9.17) is 4.74 Å². The molecule has 1 unspecified atom stereocenters. The topological polar surface area (TPSA) is 29.5 Å². The molecule has 0 amide bonds. The lowest BCUT2D eigenvalue weighted by Crippen LogP contribution is -2.13. The van der Waals surface area contributed by atoms with Gasteiger partial charge in [-0.3, -0.25) is 0 Å². The van der Waals surface area contributed by atoms with Gasteiger partial charge < -0.3 is 9.84 Å². The van der Waals surface area contributed by atoms with E-state index in [0.29, 0.717) is 6.61 Å². The van der Waals surface area contributed by atoms with Crippen molar-refractivity contribution >= 4 is 0 Å². The number of rotatable bonds is 5. The van der Waals surface area contributed by atoms with Gasteiger partial charge in [0.2, 0.25) is 0 Å². The van der Waals surface area contributed by atoms with Crippen LogP contribution in [0.3, 0.4) is 0 Å². The molecule has 0 aliphatic heterocycles.